The summed E-state index contributed by atoms with van der Waals surface area (Å²) in [6, 6.07) is 7.38. The lowest BCUT2D eigenvalue weighted by molar-refractivity contribution is -0.0586. The van der Waals surface area contributed by atoms with Gasteiger partial charge in [0.25, 0.3) is 0 Å². The first-order valence-corrected chi connectivity index (χ1v) is 10.0. The van der Waals surface area contributed by atoms with Crippen LogP contribution in [-0.4, -0.2) is 16.8 Å². The van der Waals surface area contributed by atoms with Crippen LogP contribution in [-0.2, 0) is 6.42 Å². The second-order valence-corrected chi connectivity index (χ2v) is 8.24. The predicted molar refractivity (Wildman–Crippen MR) is 113 cm³/mol. The molecule has 1 aliphatic heterocycles. The first kappa shape index (κ1) is 20.4. The average molecular weight is 383 g/mol. The molecule has 0 amide bonds. The molecule has 1 N–H and O–H groups in total. The van der Waals surface area contributed by atoms with Gasteiger partial charge in [0, 0.05) is 6.42 Å². The van der Waals surface area contributed by atoms with Crippen LogP contribution in [0.3, 0.4) is 0 Å². The Hall–Kier alpha value is -2.33. The van der Waals surface area contributed by atoms with Gasteiger partial charge in [-0.05, 0) is 65.5 Å². The Bertz CT molecular complexity index is 962. The lowest BCUT2D eigenvalue weighted by Gasteiger charge is -2.39. The van der Waals surface area contributed by atoms with E-state index in [9.17, 15) is 9.90 Å². The molecule has 0 saturated carbocycles. The smallest absolute Gasteiger partial charge is 0.343 e. The fourth-order valence-corrected chi connectivity index (χ4v) is 3.68. The zero-order chi connectivity index (χ0) is 20.3. The quantitative estimate of drug-likeness (QED) is 0.542. The minimum atomic E-state index is -0.747. The number of aliphatic hydroxyl groups excluding tert-OH is 1. The van der Waals surface area contributed by atoms with Gasteiger partial charge in [-0.1, -0.05) is 35.4 Å². The number of fused-ring (bicyclic) bond motifs is 3. The van der Waals surface area contributed by atoms with E-state index < -0.39 is 17.3 Å². The van der Waals surface area contributed by atoms with Crippen molar-refractivity contribution in [2.75, 3.05) is 0 Å². The van der Waals surface area contributed by atoms with Crippen molar-refractivity contribution < 1.29 is 14.3 Å². The predicted octanol–water partition coefficient (Wildman–Crippen LogP) is 5.32. The van der Waals surface area contributed by atoms with Gasteiger partial charge in [0.1, 0.15) is 16.9 Å². The molecule has 1 aliphatic rings. The molecule has 0 unspecified atom stereocenters. The Morgan fingerprint density at radius 1 is 1.21 bits per heavy atom. The molecule has 0 bridgehead atoms. The summed E-state index contributed by atoms with van der Waals surface area (Å²) in [4.78, 5) is 12.3. The highest BCUT2D eigenvalue weighted by atomic mass is 16.5. The summed E-state index contributed by atoms with van der Waals surface area (Å²) in [6.07, 6.45) is 7.58. The standard InChI is InChI=1S/C24H30O4/c1-16(2)9-7-10-17(3)11-8-14-24(4)21(25)15-19-22(28-24)18-12-5-6-13-20(18)27-23(19)26/h5-6,9,11-13,21,25H,7-8,10,14-15H2,1-4H3/b17-11+/t21-,24-/m0/s1. The number of benzene rings is 1. The molecule has 28 heavy (non-hydrogen) atoms. The van der Waals surface area contributed by atoms with Gasteiger partial charge in [0.2, 0.25) is 0 Å². The van der Waals surface area contributed by atoms with Crippen LogP contribution >= 0.6 is 0 Å². The highest BCUT2D eigenvalue weighted by Gasteiger charge is 2.41. The summed E-state index contributed by atoms with van der Waals surface area (Å²) in [7, 11) is 0. The van der Waals surface area contributed by atoms with Crippen LogP contribution in [0.2, 0.25) is 0 Å². The van der Waals surface area contributed by atoms with Crippen LogP contribution in [0.15, 0.2) is 56.8 Å². The monoisotopic (exact) mass is 382 g/mol. The normalized spacial score (nSPS) is 21.9. The Labute approximate surface area is 166 Å². The summed E-state index contributed by atoms with van der Waals surface area (Å²) in [5.74, 6) is 0.559. The van der Waals surface area contributed by atoms with E-state index in [1.165, 1.54) is 11.1 Å². The molecule has 3 rings (SSSR count). The third kappa shape index (κ3) is 4.39. The van der Waals surface area contributed by atoms with E-state index in [0.29, 0.717) is 23.3 Å². The van der Waals surface area contributed by atoms with Gasteiger partial charge < -0.3 is 14.3 Å². The van der Waals surface area contributed by atoms with Crippen molar-refractivity contribution in [1.82, 2.24) is 0 Å². The fourth-order valence-electron chi connectivity index (χ4n) is 3.68. The molecule has 2 heterocycles. The van der Waals surface area contributed by atoms with E-state index in [1.807, 2.05) is 25.1 Å². The second kappa shape index (κ2) is 8.36. The maximum Gasteiger partial charge on any atom is 0.343 e. The molecule has 4 heteroatoms. The van der Waals surface area contributed by atoms with E-state index in [0.717, 1.165) is 24.6 Å². The summed E-state index contributed by atoms with van der Waals surface area (Å²) in [5, 5.41) is 11.5. The van der Waals surface area contributed by atoms with Crippen LogP contribution in [0.1, 0.15) is 58.9 Å². The van der Waals surface area contributed by atoms with Gasteiger partial charge in [-0.2, -0.15) is 0 Å². The number of ether oxygens (including phenoxy) is 1. The summed E-state index contributed by atoms with van der Waals surface area (Å²) >= 11 is 0. The van der Waals surface area contributed by atoms with Crippen LogP contribution in [0, 0.1) is 0 Å². The maximum absolute atomic E-state index is 12.3. The zero-order valence-electron chi connectivity index (χ0n) is 17.2. The molecular formula is C24H30O4. The summed E-state index contributed by atoms with van der Waals surface area (Å²) in [5.41, 5.74) is 2.47. The van der Waals surface area contributed by atoms with E-state index in [4.69, 9.17) is 9.15 Å². The van der Waals surface area contributed by atoms with Crippen molar-refractivity contribution in [3.8, 4) is 5.75 Å². The molecule has 4 nitrogen and oxygen atoms in total. The molecule has 0 fully saturated rings. The van der Waals surface area contributed by atoms with Crippen LogP contribution in [0.4, 0.5) is 0 Å². The molecule has 1 aromatic heterocycles. The lowest BCUT2D eigenvalue weighted by Crippen LogP contribution is -2.50. The highest BCUT2D eigenvalue weighted by molar-refractivity contribution is 5.84. The Morgan fingerprint density at radius 2 is 1.96 bits per heavy atom. The van der Waals surface area contributed by atoms with Gasteiger partial charge in [0.15, 0.2) is 0 Å². The van der Waals surface area contributed by atoms with E-state index in [-0.39, 0.29) is 6.42 Å². The Balaban J connectivity index is 1.77. The lowest BCUT2D eigenvalue weighted by atomic mass is 9.85. The number of hydrogen-bond acceptors (Lipinski definition) is 4. The van der Waals surface area contributed by atoms with Crippen molar-refractivity contribution in [1.29, 1.82) is 0 Å². The molecule has 2 aromatic rings. The summed E-state index contributed by atoms with van der Waals surface area (Å²) in [6.45, 7) is 8.30. The van der Waals surface area contributed by atoms with E-state index in [2.05, 4.69) is 32.9 Å². The van der Waals surface area contributed by atoms with Crippen molar-refractivity contribution >= 4 is 11.0 Å². The van der Waals surface area contributed by atoms with Crippen LogP contribution < -0.4 is 10.4 Å². The molecule has 0 spiro atoms. The van der Waals surface area contributed by atoms with Crippen molar-refractivity contribution in [3.63, 3.8) is 0 Å². The number of rotatable bonds is 6. The third-order valence-electron chi connectivity index (χ3n) is 5.52. The molecule has 1 aromatic carbocycles. The van der Waals surface area contributed by atoms with Crippen molar-refractivity contribution in [2.45, 2.75) is 71.5 Å². The van der Waals surface area contributed by atoms with E-state index in [1.54, 1.807) is 6.07 Å². The highest BCUT2D eigenvalue weighted by Crippen LogP contribution is 2.39. The second-order valence-electron chi connectivity index (χ2n) is 8.24. The largest absolute Gasteiger partial charge is 0.484 e. The minimum absolute atomic E-state index is 0.252. The SMILES string of the molecule is CC(C)=CCC/C(C)=C/CC[C@]1(C)Oc2c(c(=O)oc3ccccc23)C[C@@H]1O. The molecule has 0 radical (unpaired) electrons. The van der Waals surface area contributed by atoms with Gasteiger partial charge in [-0.25, -0.2) is 4.79 Å². The Kier molecular flexibility index (Phi) is 6.09. The average Bonchev–Trinajstić information content (AvgIpc) is 2.63. The minimum Gasteiger partial charge on any atom is -0.484 e. The Morgan fingerprint density at radius 3 is 2.71 bits per heavy atom. The van der Waals surface area contributed by atoms with Gasteiger partial charge in [-0.15, -0.1) is 0 Å². The number of para-hydroxylation sites is 1. The van der Waals surface area contributed by atoms with Crippen molar-refractivity contribution in [2.24, 2.45) is 0 Å². The molecular weight excluding hydrogens is 352 g/mol. The first-order chi connectivity index (χ1) is 13.3. The number of hydrogen-bond donors (Lipinski definition) is 1. The fraction of sp³-hybridized carbons (Fsp3) is 0.458. The molecule has 0 saturated heterocycles. The number of allylic oxidation sites excluding steroid dienone is 4. The topological polar surface area (TPSA) is 59.7 Å². The molecule has 0 aliphatic carbocycles. The van der Waals surface area contributed by atoms with E-state index >= 15 is 0 Å². The molecule has 150 valence electrons. The van der Waals surface area contributed by atoms with Crippen molar-refractivity contribution in [3.05, 3.63) is 63.5 Å². The zero-order valence-corrected chi connectivity index (χ0v) is 17.2. The third-order valence-corrected chi connectivity index (χ3v) is 5.52. The van der Waals surface area contributed by atoms with Gasteiger partial charge in [0.05, 0.1) is 17.1 Å². The first-order valence-electron chi connectivity index (χ1n) is 10.0. The maximum atomic E-state index is 12.3. The van der Waals surface area contributed by atoms with Crippen LogP contribution in [0.25, 0.3) is 11.0 Å². The van der Waals surface area contributed by atoms with Crippen LogP contribution in [0.5, 0.6) is 5.75 Å². The van der Waals surface area contributed by atoms with Gasteiger partial charge in [-0.3, -0.25) is 0 Å². The summed E-state index contributed by atoms with van der Waals surface area (Å²) < 4.78 is 11.7. The van der Waals surface area contributed by atoms with Gasteiger partial charge >= 0.3 is 5.63 Å². The number of aliphatic hydroxyl groups is 1. The molecule has 2 atom stereocenters.